The van der Waals surface area contributed by atoms with Crippen LogP contribution >= 0.6 is 0 Å². The molecule has 1 aliphatic carbocycles. The normalized spacial score (nSPS) is 23.4. The number of aliphatic hydroxyl groups is 1. The minimum atomic E-state index is -1.23. The lowest BCUT2D eigenvalue weighted by atomic mass is 9.77. The summed E-state index contributed by atoms with van der Waals surface area (Å²) in [5.74, 6) is -0.561. The van der Waals surface area contributed by atoms with Crippen LogP contribution in [-0.4, -0.2) is 47.2 Å². The predicted molar refractivity (Wildman–Crippen MR) is 111 cm³/mol. The van der Waals surface area contributed by atoms with Gasteiger partial charge in [0.05, 0.1) is 18.9 Å². The smallest absolute Gasteiger partial charge is 0.341 e. The van der Waals surface area contributed by atoms with Crippen LogP contribution in [0.1, 0.15) is 54.6 Å². The van der Waals surface area contributed by atoms with Crippen molar-refractivity contribution in [1.82, 2.24) is 4.57 Å². The van der Waals surface area contributed by atoms with Gasteiger partial charge in [-0.1, -0.05) is 19.9 Å². The number of aromatic carboxylic acids is 1. The number of carbonyl (C=O) groups is 1. The van der Waals surface area contributed by atoms with E-state index in [-0.39, 0.29) is 35.6 Å². The minimum Gasteiger partial charge on any atom is -0.497 e. The van der Waals surface area contributed by atoms with E-state index in [1.165, 1.54) is 12.3 Å². The zero-order valence-electron chi connectivity index (χ0n) is 17.4. The van der Waals surface area contributed by atoms with E-state index in [1.54, 1.807) is 7.11 Å². The average molecular weight is 413 g/mol. The molecule has 1 aliphatic heterocycles. The van der Waals surface area contributed by atoms with Crippen molar-refractivity contribution in [3.8, 4) is 17.0 Å². The molecule has 4 rings (SSSR count). The van der Waals surface area contributed by atoms with E-state index in [4.69, 9.17) is 14.6 Å². The highest BCUT2D eigenvalue weighted by atomic mass is 16.5. The summed E-state index contributed by atoms with van der Waals surface area (Å²) in [5, 5.41) is 18.7. The van der Waals surface area contributed by atoms with Crippen LogP contribution in [0.25, 0.3) is 11.3 Å². The van der Waals surface area contributed by atoms with Gasteiger partial charge >= 0.3 is 5.97 Å². The maximum Gasteiger partial charge on any atom is 0.341 e. The van der Waals surface area contributed by atoms with Gasteiger partial charge in [-0.25, -0.2) is 4.79 Å². The van der Waals surface area contributed by atoms with Gasteiger partial charge in [0.25, 0.3) is 0 Å². The third kappa shape index (κ3) is 3.22. The molecule has 2 aliphatic rings. The Morgan fingerprint density at radius 1 is 1.30 bits per heavy atom. The summed E-state index contributed by atoms with van der Waals surface area (Å²) in [5.41, 5.74) is 1.70. The zero-order chi connectivity index (χ0) is 21.6. The number of rotatable bonds is 6. The molecule has 30 heavy (non-hydrogen) atoms. The lowest BCUT2D eigenvalue weighted by molar-refractivity contribution is 0.0318. The van der Waals surface area contributed by atoms with Crippen molar-refractivity contribution in [3.05, 3.63) is 51.8 Å². The second-order valence-electron chi connectivity index (χ2n) is 8.75. The maximum atomic E-state index is 12.5. The monoisotopic (exact) mass is 413 g/mol. The molecule has 0 spiro atoms. The first kappa shape index (κ1) is 20.6. The molecule has 2 aromatic rings. The molecule has 3 unspecified atom stereocenters. The minimum absolute atomic E-state index is 0.00348. The van der Waals surface area contributed by atoms with E-state index in [2.05, 4.69) is 13.8 Å². The molecule has 2 heterocycles. The Labute approximate surface area is 174 Å². The second kappa shape index (κ2) is 7.56. The van der Waals surface area contributed by atoms with Gasteiger partial charge in [-0.3, -0.25) is 4.79 Å². The summed E-state index contributed by atoms with van der Waals surface area (Å²) in [4.78, 5) is 24.2. The van der Waals surface area contributed by atoms with Crippen LogP contribution in [-0.2, 0) is 4.74 Å². The number of carboxylic acids is 1. The number of fused-ring (bicyclic) bond motifs is 6. The van der Waals surface area contributed by atoms with Crippen molar-refractivity contribution in [2.45, 2.75) is 44.8 Å². The number of methoxy groups -OCH3 is 1. The summed E-state index contributed by atoms with van der Waals surface area (Å²) in [6.07, 6.45) is 2.76. The molecular formula is C23H27NO6. The summed E-state index contributed by atoms with van der Waals surface area (Å²) >= 11 is 0. The first-order valence-corrected chi connectivity index (χ1v) is 10.2. The van der Waals surface area contributed by atoms with Gasteiger partial charge in [0.1, 0.15) is 11.3 Å². The maximum absolute atomic E-state index is 12.5. The van der Waals surface area contributed by atoms with Crippen LogP contribution in [0.15, 0.2) is 35.3 Å². The highest BCUT2D eigenvalue weighted by Crippen LogP contribution is 2.59. The number of aromatic nitrogens is 1. The molecule has 0 amide bonds. The molecular weight excluding hydrogens is 386 g/mol. The first-order chi connectivity index (χ1) is 14.3. The van der Waals surface area contributed by atoms with E-state index >= 15 is 0 Å². The predicted octanol–water partition coefficient (Wildman–Crippen LogP) is 3.06. The molecule has 1 aromatic carbocycles. The fourth-order valence-electron chi connectivity index (χ4n) is 5.17. The zero-order valence-corrected chi connectivity index (χ0v) is 17.4. The summed E-state index contributed by atoms with van der Waals surface area (Å²) in [6.45, 7) is 4.83. The highest BCUT2D eigenvalue weighted by molar-refractivity contribution is 5.88. The van der Waals surface area contributed by atoms with Crippen LogP contribution in [0.2, 0.25) is 0 Å². The number of hydrogen-bond acceptors (Lipinski definition) is 5. The van der Waals surface area contributed by atoms with Gasteiger partial charge in [-0.15, -0.1) is 0 Å². The van der Waals surface area contributed by atoms with E-state index in [1.807, 2.05) is 22.8 Å². The third-order valence-corrected chi connectivity index (χ3v) is 6.41. The number of hydrogen-bond donors (Lipinski definition) is 2. The summed E-state index contributed by atoms with van der Waals surface area (Å²) in [6, 6.07) is 7.19. The fraction of sp³-hybridized carbons (Fsp3) is 0.478. The fourth-order valence-corrected chi connectivity index (χ4v) is 5.17. The highest BCUT2D eigenvalue weighted by Gasteiger charge is 2.53. The molecule has 3 atom stereocenters. The van der Waals surface area contributed by atoms with Crippen LogP contribution in [0, 0.1) is 5.41 Å². The topological polar surface area (TPSA) is 98.0 Å². The van der Waals surface area contributed by atoms with E-state index < -0.39 is 11.4 Å². The molecule has 160 valence electrons. The van der Waals surface area contributed by atoms with Crippen LogP contribution in [0.5, 0.6) is 5.75 Å². The molecule has 7 heteroatoms. The lowest BCUT2D eigenvalue weighted by Crippen LogP contribution is -2.33. The Bertz CT molecular complexity index is 1040. The van der Waals surface area contributed by atoms with Gasteiger partial charge in [0.2, 0.25) is 0 Å². The number of carboxylic acid groups (broad SMARTS) is 1. The van der Waals surface area contributed by atoms with Crippen LogP contribution in [0.3, 0.4) is 0 Å². The number of aliphatic hydroxyl groups excluding tert-OH is 1. The van der Waals surface area contributed by atoms with Crippen molar-refractivity contribution in [1.29, 1.82) is 0 Å². The Kier molecular flexibility index (Phi) is 5.20. The standard InChI is InChI=1S/C23H27NO6/c1-23(2)11-19(30-8-4-7-25)20-14-6-5-13(29-3)9-15(14)17-10-18(26)16(22(27)28)12-24(17)21(20)23/h5-6,9-10,12,19-21,25H,4,7-8,11H2,1-3H3,(H,27,28). The number of nitrogens with zero attached hydrogens (tertiary/aromatic N) is 1. The van der Waals surface area contributed by atoms with Gasteiger partial charge in [0.15, 0.2) is 5.43 Å². The molecule has 1 fully saturated rings. The van der Waals surface area contributed by atoms with Crippen LogP contribution < -0.4 is 10.2 Å². The molecule has 1 aromatic heterocycles. The van der Waals surface area contributed by atoms with Crippen molar-refractivity contribution in [2.75, 3.05) is 20.3 Å². The van der Waals surface area contributed by atoms with E-state index in [9.17, 15) is 14.7 Å². The average Bonchev–Trinajstić information content (AvgIpc) is 2.98. The number of benzene rings is 1. The lowest BCUT2D eigenvalue weighted by Gasteiger charge is -2.40. The largest absolute Gasteiger partial charge is 0.497 e. The SMILES string of the molecule is COc1ccc2c(c1)-c1cc(=O)c(C(=O)O)cn1C1C2C(OCCCO)CC1(C)C. The molecule has 0 bridgehead atoms. The quantitative estimate of drug-likeness (QED) is 0.707. The molecule has 7 nitrogen and oxygen atoms in total. The van der Waals surface area contributed by atoms with Gasteiger partial charge in [-0.05, 0) is 36.0 Å². The van der Waals surface area contributed by atoms with Gasteiger partial charge in [0, 0.05) is 43.0 Å². The number of ether oxygens (including phenoxy) is 2. The molecule has 1 saturated carbocycles. The van der Waals surface area contributed by atoms with Crippen molar-refractivity contribution < 1.29 is 24.5 Å². The van der Waals surface area contributed by atoms with Crippen molar-refractivity contribution >= 4 is 5.97 Å². The van der Waals surface area contributed by atoms with E-state index in [0.717, 1.165) is 17.5 Å². The van der Waals surface area contributed by atoms with Crippen molar-refractivity contribution in [3.63, 3.8) is 0 Å². The second-order valence-corrected chi connectivity index (χ2v) is 8.75. The molecule has 0 saturated heterocycles. The van der Waals surface area contributed by atoms with Gasteiger partial charge < -0.3 is 24.3 Å². The Hall–Kier alpha value is -2.64. The van der Waals surface area contributed by atoms with Crippen LogP contribution in [0.4, 0.5) is 0 Å². The Balaban J connectivity index is 1.94. The van der Waals surface area contributed by atoms with E-state index in [0.29, 0.717) is 24.5 Å². The molecule has 2 N–H and O–H groups in total. The Morgan fingerprint density at radius 2 is 2.07 bits per heavy atom. The van der Waals surface area contributed by atoms with Gasteiger partial charge in [-0.2, -0.15) is 0 Å². The summed E-state index contributed by atoms with van der Waals surface area (Å²) < 4.78 is 13.6. The third-order valence-electron chi connectivity index (χ3n) is 6.41. The summed E-state index contributed by atoms with van der Waals surface area (Å²) in [7, 11) is 1.59. The first-order valence-electron chi connectivity index (χ1n) is 10.2. The van der Waals surface area contributed by atoms with Crippen molar-refractivity contribution in [2.24, 2.45) is 5.41 Å². The Morgan fingerprint density at radius 3 is 2.73 bits per heavy atom. The molecule has 0 radical (unpaired) electrons. The number of pyridine rings is 1.